The highest BCUT2D eigenvalue weighted by molar-refractivity contribution is 7.20. The van der Waals surface area contributed by atoms with E-state index in [1.165, 1.54) is 11.3 Å². The molecule has 0 fully saturated rings. The second kappa shape index (κ2) is 9.15. The second-order valence-corrected chi connectivity index (χ2v) is 9.05. The predicted molar refractivity (Wildman–Crippen MR) is 137 cm³/mol. The lowest BCUT2D eigenvalue weighted by atomic mass is 10.2. The summed E-state index contributed by atoms with van der Waals surface area (Å²) in [6.07, 6.45) is 0. The molecule has 0 radical (unpaired) electrons. The number of benzene rings is 2. The smallest absolute Gasteiger partial charge is 0.256 e. The number of ether oxygens (including phenoxy) is 1. The lowest BCUT2D eigenvalue weighted by molar-refractivity contribution is 0.102. The van der Waals surface area contributed by atoms with Crippen molar-refractivity contribution in [1.29, 1.82) is 0 Å². The molecule has 10 heteroatoms. The molecule has 0 bridgehead atoms. The van der Waals surface area contributed by atoms with Crippen molar-refractivity contribution in [3.05, 3.63) is 77.2 Å². The van der Waals surface area contributed by atoms with Crippen molar-refractivity contribution < 1.29 is 9.53 Å². The Morgan fingerprint density at radius 3 is 2.37 bits per heavy atom. The first kappa shape index (κ1) is 22.5. The van der Waals surface area contributed by atoms with Crippen LogP contribution in [-0.2, 0) is 0 Å². The van der Waals surface area contributed by atoms with Crippen molar-refractivity contribution in [2.75, 3.05) is 17.7 Å². The third-order valence-electron chi connectivity index (χ3n) is 5.22. The van der Waals surface area contributed by atoms with Gasteiger partial charge in [-0.05, 0) is 69.3 Å². The van der Waals surface area contributed by atoms with Gasteiger partial charge in [-0.3, -0.25) is 4.79 Å². The Labute approximate surface area is 205 Å². The van der Waals surface area contributed by atoms with E-state index in [1.54, 1.807) is 23.9 Å². The normalized spacial score (nSPS) is 11.0. The largest absolute Gasteiger partial charge is 0.497 e. The van der Waals surface area contributed by atoms with Crippen LogP contribution in [0.3, 0.4) is 0 Å². The zero-order valence-electron chi connectivity index (χ0n) is 19.7. The molecule has 0 aliphatic heterocycles. The number of thiazole rings is 1. The lowest BCUT2D eigenvalue weighted by Gasteiger charge is -2.09. The molecule has 3 heterocycles. The van der Waals surface area contributed by atoms with Gasteiger partial charge in [0.15, 0.2) is 0 Å². The zero-order chi connectivity index (χ0) is 24.5. The highest BCUT2D eigenvalue weighted by atomic mass is 32.1. The standard InChI is InChI=1S/C25H23N7O2S/c1-14-11-15(2)27-24(26-14)28-18-7-5-17(6-8-18)23(33)30-22-12-16(3)31-32(22)25-29-20-10-9-19(34-4)13-21(20)35-25/h5-13H,1-4H3,(H,30,33)(H,26,27,28). The molecule has 0 saturated heterocycles. The van der Waals surface area contributed by atoms with Crippen molar-refractivity contribution in [3.8, 4) is 10.9 Å². The maximum Gasteiger partial charge on any atom is 0.256 e. The van der Waals surface area contributed by atoms with Gasteiger partial charge in [0.25, 0.3) is 5.91 Å². The summed E-state index contributed by atoms with van der Waals surface area (Å²) in [7, 11) is 1.63. The first-order valence-electron chi connectivity index (χ1n) is 10.9. The van der Waals surface area contributed by atoms with Crippen molar-refractivity contribution >= 4 is 44.9 Å². The van der Waals surface area contributed by atoms with Crippen LogP contribution >= 0.6 is 11.3 Å². The molecule has 0 atom stereocenters. The molecule has 1 amide bonds. The minimum atomic E-state index is -0.247. The Kier molecular flexibility index (Phi) is 5.87. The van der Waals surface area contributed by atoms with Crippen molar-refractivity contribution in [3.63, 3.8) is 0 Å². The first-order valence-corrected chi connectivity index (χ1v) is 11.7. The Bertz CT molecular complexity index is 1520. The van der Waals surface area contributed by atoms with Gasteiger partial charge >= 0.3 is 0 Å². The third kappa shape index (κ3) is 4.82. The van der Waals surface area contributed by atoms with E-state index < -0.39 is 0 Å². The number of anilines is 3. The average Bonchev–Trinajstić information content (AvgIpc) is 3.41. The van der Waals surface area contributed by atoms with Gasteiger partial charge in [0, 0.05) is 28.7 Å². The molecule has 0 aliphatic carbocycles. The molecular weight excluding hydrogens is 462 g/mol. The Morgan fingerprint density at radius 1 is 0.914 bits per heavy atom. The van der Waals surface area contributed by atoms with E-state index in [0.717, 1.165) is 38.7 Å². The van der Waals surface area contributed by atoms with Gasteiger partial charge in [-0.1, -0.05) is 11.3 Å². The van der Waals surface area contributed by atoms with E-state index in [2.05, 4.69) is 30.7 Å². The van der Waals surface area contributed by atoms with E-state index in [9.17, 15) is 4.79 Å². The maximum absolute atomic E-state index is 13.0. The zero-order valence-corrected chi connectivity index (χ0v) is 20.5. The summed E-state index contributed by atoms with van der Waals surface area (Å²) in [6, 6.07) is 16.6. The van der Waals surface area contributed by atoms with Crippen LogP contribution in [0.2, 0.25) is 0 Å². The highest BCUT2D eigenvalue weighted by Gasteiger charge is 2.16. The number of rotatable bonds is 6. The third-order valence-corrected chi connectivity index (χ3v) is 6.22. The number of carbonyl (C=O) groups is 1. The molecule has 176 valence electrons. The predicted octanol–water partition coefficient (Wildman–Crippen LogP) is 5.20. The average molecular weight is 486 g/mol. The number of aryl methyl sites for hydroxylation is 3. The maximum atomic E-state index is 13.0. The highest BCUT2D eigenvalue weighted by Crippen LogP contribution is 2.30. The number of nitrogens with zero attached hydrogens (tertiary/aromatic N) is 5. The number of carbonyl (C=O) groups excluding carboxylic acids is 1. The van der Waals surface area contributed by atoms with Crippen LogP contribution in [-0.4, -0.2) is 37.7 Å². The molecule has 2 aromatic carbocycles. The minimum Gasteiger partial charge on any atom is -0.497 e. The summed E-state index contributed by atoms with van der Waals surface area (Å²) in [6.45, 7) is 5.72. The fourth-order valence-electron chi connectivity index (χ4n) is 3.65. The van der Waals surface area contributed by atoms with E-state index >= 15 is 0 Å². The molecule has 9 nitrogen and oxygen atoms in total. The molecule has 35 heavy (non-hydrogen) atoms. The van der Waals surface area contributed by atoms with Crippen molar-refractivity contribution in [2.24, 2.45) is 0 Å². The minimum absolute atomic E-state index is 0.247. The van der Waals surface area contributed by atoms with Gasteiger partial charge in [0.1, 0.15) is 11.6 Å². The number of fused-ring (bicyclic) bond motifs is 1. The van der Waals surface area contributed by atoms with Crippen LogP contribution < -0.4 is 15.4 Å². The molecule has 5 aromatic rings. The van der Waals surface area contributed by atoms with Crippen LogP contribution in [0.1, 0.15) is 27.4 Å². The number of nitrogens with one attached hydrogen (secondary N) is 2. The fourth-order valence-corrected chi connectivity index (χ4v) is 4.61. The number of hydrogen-bond donors (Lipinski definition) is 2. The number of hydrogen-bond acceptors (Lipinski definition) is 8. The summed E-state index contributed by atoms with van der Waals surface area (Å²) in [5.74, 6) is 1.58. The quantitative estimate of drug-likeness (QED) is 0.340. The summed E-state index contributed by atoms with van der Waals surface area (Å²) < 4.78 is 7.93. The Morgan fingerprint density at radius 2 is 1.66 bits per heavy atom. The van der Waals surface area contributed by atoms with Crippen LogP contribution in [0.4, 0.5) is 17.5 Å². The monoisotopic (exact) mass is 485 g/mol. The summed E-state index contributed by atoms with van der Waals surface area (Å²) in [4.78, 5) is 26.4. The first-order chi connectivity index (χ1) is 16.9. The van der Waals surface area contributed by atoms with Crippen molar-refractivity contribution in [1.82, 2.24) is 24.7 Å². The van der Waals surface area contributed by atoms with Crippen LogP contribution in [0, 0.1) is 20.8 Å². The van der Waals surface area contributed by atoms with Crippen molar-refractivity contribution in [2.45, 2.75) is 20.8 Å². The second-order valence-electron chi connectivity index (χ2n) is 8.04. The van der Waals surface area contributed by atoms with Gasteiger partial charge in [0.05, 0.1) is 23.0 Å². The molecule has 0 saturated carbocycles. The lowest BCUT2D eigenvalue weighted by Crippen LogP contribution is -2.15. The van der Waals surface area contributed by atoms with Gasteiger partial charge < -0.3 is 15.4 Å². The Hall–Kier alpha value is -4.31. The van der Waals surface area contributed by atoms with E-state index in [4.69, 9.17) is 4.74 Å². The van der Waals surface area contributed by atoms with Gasteiger partial charge in [-0.2, -0.15) is 9.78 Å². The fraction of sp³-hybridized carbons (Fsp3) is 0.160. The van der Waals surface area contributed by atoms with E-state index in [0.29, 0.717) is 22.5 Å². The number of methoxy groups -OCH3 is 1. The molecular formula is C25H23N7O2S. The molecule has 5 rings (SSSR count). The molecule has 0 aliphatic rings. The number of amides is 1. The van der Waals surface area contributed by atoms with E-state index in [1.807, 2.05) is 63.2 Å². The van der Waals surface area contributed by atoms with Crippen LogP contribution in [0.15, 0.2) is 54.6 Å². The Balaban J connectivity index is 1.35. The number of aromatic nitrogens is 5. The van der Waals surface area contributed by atoms with Gasteiger partial charge in [-0.25, -0.2) is 15.0 Å². The summed E-state index contributed by atoms with van der Waals surface area (Å²) in [5.41, 5.74) is 4.68. The molecule has 0 spiro atoms. The van der Waals surface area contributed by atoms with Crippen LogP contribution in [0.5, 0.6) is 5.75 Å². The SMILES string of the molecule is COc1ccc2nc(-n3nc(C)cc3NC(=O)c3ccc(Nc4nc(C)cc(C)n4)cc3)sc2c1. The van der Waals surface area contributed by atoms with E-state index in [-0.39, 0.29) is 5.91 Å². The summed E-state index contributed by atoms with van der Waals surface area (Å²) in [5, 5.41) is 11.3. The van der Waals surface area contributed by atoms with Gasteiger partial charge in [0.2, 0.25) is 11.1 Å². The van der Waals surface area contributed by atoms with Gasteiger partial charge in [-0.15, -0.1) is 0 Å². The molecule has 3 aromatic heterocycles. The summed E-state index contributed by atoms with van der Waals surface area (Å²) >= 11 is 1.47. The molecule has 2 N–H and O–H groups in total. The topological polar surface area (TPSA) is 107 Å². The molecule has 0 unspecified atom stereocenters. The van der Waals surface area contributed by atoms with Crippen LogP contribution in [0.25, 0.3) is 15.3 Å².